The van der Waals surface area contributed by atoms with Crippen LogP contribution in [0.4, 0.5) is 5.95 Å². The number of rotatable bonds is 2. The molecule has 90 valence electrons. The lowest BCUT2D eigenvalue weighted by Gasteiger charge is -2.12. The van der Waals surface area contributed by atoms with E-state index in [9.17, 15) is 9.59 Å². The van der Waals surface area contributed by atoms with Gasteiger partial charge < -0.3 is 0 Å². The first-order valence-corrected chi connectivity index (χ1v) is 6.31. The first-order valence-electron chi connectivity index (χ1n) is 5.43. The van der Waals surface area contributed by atoms with E-state index in [-0.39, 0.29) is 24.7 Å². The molecule has 1 saturated heterocycles. The van der Waals surface area contributed by atoms with E-state index in [1.165, 1.54) is 4.90 Å². The highest BCUT2D eigenvalue weighted by Crippen LogP contribution is 2.24. The topological polar surface area (TPSA) is 63.2 Å². The smallest absolute Gasteiger partial charge is 0.237 e. The van der Waals surface area contributed by atoms with Crippen molar-refractivity contribution in [2.75, 3.05) is 11.4 Å². The summed E-state index contributed by atoms with van der Waals surface area (Å²) < 4.78 is 0. The normalized spacial score (nSPS) is 15.4. The maximum atomic E-state index is 11.6. The van der Waals surface area contributed by atoms with Gasteiger partial charge in [-0.15, -0.1) is 11.3 Å². The molecule has 1 fully saturated rings. The Morgan fingerprint density at radius 2 is 2.17 bits per heavy atom. The van der Waals surface area contributed by atoms with Crippen LogP contribution in [0, 0.1) is 0 Å². The molecule has 5 nitrogen and oxygen atoms in total. The van der Waals surface area contributed by atoms with Gasteiger partial charge in [0, 0.05) is 6.20 Å². The van der Waals surface area contributed by atoms with Crippen LogP contribution in [0.25, 0.3) is 10.6 Å². The van der Waals surface area contributed by atoms with Crippen molar-refractivity contribution >= 4 is 29.0 Å². The van der Waals surface area contributed by atoms with E-state index in [2.05, 4.69) is 9.97 Å². The highest BCUT2D eigenvalue weighted by Gasteiger charge is 2.30. The summed E-state index contributed by atoms with van der Waals surface area (Å²) in [6.45, 7) is 0.0761. The van der Waals surface area contributed by atoms with Crippen LogP contribution < -0.4 is 4.90 Å². The standard InChI is InChI=1S/C12H9N3O2S/c16-8-6-11(17)15(7-8)12-13-4-3-9(14-12)10-2-1-5-18-10/h1-5H,6-7H2. The molecule has 1 amide bonds. The van der Waals surface area contributed by atoms with Crippen molar-refractivity contribution in [3.8, 4) is 10.6 Å². The second kappa shape index (κ2) is 4.30. The van der Waals surface area contributed by atoms with Crippen LogP contribution in [-0.2, 0) is 9.59 Å². The number of nitrogens with zero attached hydrogens (tertiary/aromatic N) is 3. The minimum Gasteiger partial charge on any atom is -0.297 e. The van der Waals surface area contributed by atoms with Gasteiger partial charge in [-0.25, -0.2) is 9.97 Å². The molecule has 1 aliphatic heterocycles. The van der Waals surface area contributed by atoms with Crippen molar-refractivity contribution in [3.05, 3.63) is 29.8 Å². The van der Waals surface area contributed by atoms with Crippen molar-refractivity contribution in [1.29, 1.82) is 0 Å². The first-order chi connectivity index (χ1) is 8.74. The van der Waals surface area contributed by atoms with Gasteiger partial charge in [0.25, 0.3) is 0 Å². The van der Waals surface area contributed by atoms with E-state index in [1.807, 2.05) is 17.5 Å². The quantitative estimate of drug-likeness (QED) is 0.767. The van der Waals surface area contributed by atoms with Gasteiger partial charge in [-0.1, -0.05) is 6.07 Å². The zero-order valence-electron chi connectivity index (χ0n) is 9.37. The van der Waals surface area contributed by atoms with Gasteiger partial charge in [-0.3, -0.25) is 14.5 Å². The minimum absolute atomic E-state index is 0.0490. The van der Waals surface area contributed by atoms with Gasteiger partial charge in [0.1, 0.15) is 0 Å². The summed E-state index contributed by atoms with van der Waals surface area (Å²) in [6, 6.07) is 5.68. The van der Waals surface area contributed by atoms with Crippen LogP contribution in [0.15, 0.2) is 29.8 Å². The largest absolute Gasteiger partial charge is 0.297 e. The molecule has 0 saturated carbocycles. The molecule has 0 N–H and O–H groups in total. The third kappa shape index (κ3) is 1.91. The highest BCUT2D eigenvalue weighted by molar-refractivity contribution is 7.13. The Labute approximate surface area is 107 Å². The third-order valence-electron chi connectivity index (χ3n) is 2.64. The fourth-order valence-electron chi connectivity index (χ4n) is 1.81. The van der Waals surface area contributed by atoms with Crippen LogP contribution in [-0.4, -0.2) is 28.2 Å². The number of aromatic nitrogens is 2. The maximum Gasteiger partial charge on any atom is 0.237 e. The molecule has 0 radical (unpaired) electrons. The second-order valence-electron chi connectivity index (χ2n) is 3.91. The Bertz CT molecular complexity index is 610. The van der Waals surface area contributed by atoms with Gasteiger partial charge in [0.2, 0.25) is 11.9 Å². The predicted molar refractivity (Wildman–Crippen MR) is 67.3 cm³/mol. The summed E-state index contributed by atoms with van der Waals surface area (Å²) in [7, 11) is 0. The Balaban J connectivity index is 1.97. The lowest BCUT2D eigenvalue weighted by atomic mass is 10.3. The molecule has 0 aliphatic carbocycles. The number of ketones is 1. The number of Topliss-reactive ketones (excluding diaryl/α,β-unsaturated/α-hetero) is 1. The van der Waals surface area contributed by atoms with E-state index in [4.69, 9.17) is 0 Å². The van der Waals surface area contributed by atoms with E-state index < -0.39 is 0 Å². The summed E-state index contributed by atoms with van der Waals surface area (Å²) in [6.07, 6.45) is 1.56. The molecular weight excluding hydrogens is 250 g/mol. The SMILES string of the molecule is O=C1CC(=O)N(c2nccc(-c3cccs3)n2)C1. The second-order valence-corrected chi connectivity index (χ2v) is 4.86. The average Bonchev–Trinajstić information content (AvgIpc) is 2.99. The van der Waals surface area contributed by atoms with E-state index in [0.29, 0.717) is 5.95 Å². The van der Waals surface area contributed by atoms with Gasteiger partial charge in [0.15, 0.2) is 5.78 Å². The lowest BCUT2D eigenvalue weighted by molar-refractivity contribution is -0.121. The number of anilines is 1. The van der Waals surface area contributed by atoms with Gasteiger partial charge in [0.05, 0.1) is 23.5 Å². The molecule has 6 heteroatoms. The van der Waals surface area contributed by atoms with E-state index in [1.54, 1.807) is 23.6 Å². The zero-order chi connectivity index (χ0) is 12.5. The number of amides is 1. The molecular formula is C12H9N3O2S. The molecule has 0 spiro atoms. The molecule has 2 aromatic rings. The molecule has 0 unspecified atom stereocenters. The maximum absolute atomic E-state index is 11.6. The summed E-state index contributed by atoms with van der Waals surface area (Å²) in [5, 5.41) is 1.96. The van der Waals surface area contributed by atoms with Crippen molar-refractivity contribution in [1.82, 2.24) is 9.97 Å². The number of thiophene rings is 1. The Morgan fingerprint density at radius 3 is 2.83 bits per heavy atom. The molecule has 0 bridgehead atoms. The minimum atomic E-state index is -0.233. The van der Waals surface area contributed by atoms with E-state index >= 15 is 0 Å². The summed E-state index contributed by atoms with van der Waals surface area (Å²) in [5.74, 6) is -0.0230. The van der Waals surface area contributed by atoms with Gasteiger partial charge in [-0.2, -0.15) is 0 Å². The summed E-state index contributed by atoms with van der Waals surface area (Å²) in [5.41, 5.74) is 0.766. The van der Waals surface area contributed by atoms with Crippen LogP contribution in [0.2, 0.25) is 0 Å². The highest BCUT2D eigenvalue weighted by atomic mass is 32.1. The predicted octanol–water partition coefficient (Wildman–Crippen LogP) is 1.51. The molecule has 0 aromatic carbocycles. The summed E-state index contributed by atoms with van der Waals surface area (Å²) in [4.78, 5) is 33.6. The summed E-state index contributed by atoms with van der Waals surface area (Å²) >= 11 is 1.57. The number of hydrogen-bond donors (Lipinski definition) is 0. The molecule has 3 rings (SSSR count). The van der Waals surface area contributed by atoms with Crippen molar-refractivity contribution in [2.24, 2.45) is 0 Å². The first kappa shape index (κ1) is 11.0. The van der Waals surface area contributed by atoms with Gasteiger partial charge in [-0.05, 0) is 17.5 Å². The Kier molecular flexibility index (Phi) is 2.64. The fourth-order valence-corrected chi connectivity index (χ4v) is 2.50. The molecule has 0 atom stereocenters. The van der Waals surface area contributed by atoms with Crippen LogP contribution in [0.3, 0.4) is 0 Å². The average molecular weight is 259 g/mol. The van der Waals surface area contributed by atoms with Crippen LogP contribution >= 0.6 is 11.3 Å². The number of hydrogen-bond acceptors (Lipinski definition) is 5. The van der Waals surface area contributed by atoms with Crippen LogP contribution in [0.5, 0.6) is 0 Å². The monoisotopic (exact) mass is 259 g/mol. The van der Waals surface area contributed by atoms with E-state index in [0.717, 1.165) is 10.6 Å². The molecule has 3 heterocycles. The van der Waals surface area contributed by atoms with Crippen molar-refractivity contribution in [2.45, 2.75) is 6.42 Å². The molecule has 1 aliphatic rings. The fraction of sp³-hybridized carbons (Fsp3) is 0.167. The Hall–Kier alpha value is -2.08. The lowest BCUT2D eigenvalue weighted by Crippen LogP contribution is -2.26. The number of carbonyl (C=O) groups excluding carboxylic acids is 2. The third-order valence-corrected chi connectivity index (χ3v) is 3.53. The molecule has 2 aromatic heterocycles. The number of carbonyl (C=O) groups is 2. The van der Waals surface area contributed by atoms with Crippen molar-refractivity contribution < 1.29 is 9.59 Å². The Morgan fingerprint density at radius 1 is 1.28 bits per heavy atom. The molecule has 18 heavy (non-hydrogen) atoms. The van der Waals surface area contributed by atoms with Crippen LogP contribution in [0.1, 0.15) is 6.42 Å². The van der Waals surface area contributed by atoms with Crippen molar-refractivity contribution in [3.63, 3.8) is 0 Å². The zero-order valence-corrected chi connectivity index (χ0v) is 10.2. The van der Waals surface area contributed by atoms with Gasteiger partial charge >= 0.3 is 0 Å².